The number of carbonyl (C=O) groups excluding carboxylic acids is 1. The number of hydrogen-bond donors (Lipinski definition) is 0. The molecule has 2 aromatic heterocycles. The van der Waals surface area contributed by atoms with E-state index in [9.17, 15) is 19.7 Å². The summed E-state index contributed by atoms with van der Waals surface area (Å²) in [7, 11) is 0. The molecule has 0 aliphatic carbocycles. The molecule has 0 saturated carbocycles. The first kappa shape index (κ1) is 31.4. The number of non-ortho nitro benzene ring substituents is 1. The fourth-order valence-electron chi connectivity index (χ4n) is 5.54. The van der Waals surface area contributed by atoms with Gasteiger partial charge in [0.05, 0.1) is 33.4 Å². The first-order valence-corrected chi connectivity index (χ1v) is 15.9. The number of nitrogens with zero attached hydrogens (tertiary/aromatic N) is 3. The van der Waals surface area contributed by atoms with Gasteiger partial charge in [-0.1, -0.05) is 59.9 Å². The van der Waals surface area contributed by atoms with Crippen molar-refractivity contribution in [1.82, 2.24) is 4.57 Å². The minimum Gasteiger partial charge on any atom is -0.491 e. The van der Waals surface area contributed by atoms with Crippen LogP contribution in [0.5, 0.6) is 5.75 Å². The zero-order valence-corrected chi connectivity index (χ0v) is 26.9. The molecule has 0 spiro atoms. The molecule has 1 aliphatic rings. The predicted molar refractivity (Wildman–Crippen MR) is 179 cm³/mol. The van der Waals surface area contributed by atoms with Gasteiger partial charge in [0.2, 0.25) is 0 Å². The second-order valence-electron chi connectivity index (χ2n) is 11.1. The van der Waals surface area contributed by atoms with Crippen molar-refractivity contribution in [2.24, 2.45) is 4.99 Å². The Balaban J connectivity index is 1.56. The number of benzene rings is 3. The summed E-state index contributed by atoms with van der Waals surface area (Å²) in [4.78, 5) is 44.1. The molecule has 0 fully saturated rings. The van der Waals surface area contributed by atoms with Gasteiger partial charge in [-0.25, -0.2) is 9.79 Å². The summed E-state index contributed by atoms with van der Waals surface area (Å²) < 4.78 is 19.7. The molecule has 0 unspecified atom stereocenters. The third-order valence-corrected chi connectivity index (χ3v) is 8.52. The van der Waals surface area contributed by atoms with E-state index in [2.05, 4.69) is 0 Å². The van der Waals surface area contributed by atoms with Crippen molar-refractivity contribution in [3.05, 3.63) is 143 Å². The van der Waals surface area contributed by atoms with Crippen LogP contribution >= 0.6 is 11.3 Å². The van der Waals surface area contributed by atoms with E-state index in [-0.39, 0.29) is 29.5 Å². The topological polar surface area (TPSA) is 126 Å². The molecule has 6 rings (SSSR count). The number of furan rings is 1. The number of carbonyl (C=O) groups is 1. The van der Waals surface area contributed by atoms with Crippen LogP contribution in [0.4, 0.5) is 5.69 Å². The Bertz CT molecular complexity index is 2210. The van der Waals surface area contributed by atoms with Gasteiger partial charge in [-0.2, -0.15) is 0 Å². The summed E-state index contributed by atoms with van der Waals surface area (Å²) in [6.45, 7) is 7.47. The van der Waals surface area contributed by atoms with Crippen LogP contribution in [0.3, 0.4) is 0 Å². The number of ether oxygens (including phenoxy) is 2. The first-order chi connectivity index (χ1) is 22.7. The summed E-state index contributed by atoms with van der Waals surface area (Å²) in [6, 6.07) is 23.8. The second-order valence-corrected chi connectivity index (χ2v) is 12.1. The molecule has 0 radical (unpaired) electrons. The fraction of sp³-hybridized carbons (Fsp3) is 0.194. The molecule has 0 N–H and O–H groups in total. The highest BCUT2D eigenvalue weighted by Crippen LogP contribution is 2.39. The number of nitro benzene ring substituents is 1. The monoisotopic (exact) mass is 649 g/mol. The molecule has 3 heterocycles. The van der Waals surface area contributed by atoms with Crippen LogP contribution in [0, 0.1) is 17.0 Å². The van der Waals surface area contributed by atoms with Crippen molar-refractivity contribution in [3.8, 4) is 17.1 Å². The molecule has 11 heteroatoms. The Morgan fingerprint density at radius 3 is 2.53 bits per heavy atom. The van der Waals surface area contributed by atoms with E-state index in [0.717, 1.165) is 0 Å². The standard InChI is InChI=1S/C36H31N3O7S/c1-5-44-35(41)31-32(23-11-7-6-8-12-23)37-36-38(33(31)27-13-9-10-14-28(27)45-21(2)3)34(40)30(47-36)20-25-16-18-29(46-25)26-17-15-24(39(42)43)19-22(26)4/h6-21,33H,5H2,1-4H3/b30-20+/t33-/m0/s1. The number of aromatic nitrogens is 1. The number of nitro groups is 1. The van der Waals surface area contributed by atoms with Crippen LogP contribution in [0.2, 0.25) is 0 Å². The number of fused-ring (bicyclic) bond motifs is 1. The van der Waals surface area contributed by atoms with Gasteiger partial charge in [0.25, 0.3) is 11.2 Å². The molecule has 238 valence electrons. The highest BCUT2D eigenvalue weighted by molar-refractivity contribution is 7.07. The van der Waals surface area contributed by atoms with Gasteiger partial charge in [0.15, 0.2) is 4.80 Å². The normalized spacial score (nSPS) is 14.6. The van der Waals surface area contributed by atoms with Crippen LogP contribution in [-0.4, -0.2) is 28.2 Å². The van der Waals surface area contributed by atoms with Crippen LogP contribution in [-0.2, 0) is 9.53 Å². The van der Waals surface area contributed by atoms with Gasteiger partial charge >= 0.3 is 5.97 Å². The van der Waals surface area contributed by atoms with Gasteiger partial charge < -0.3 is 13.9 Å². The molecular formula is C36H31N3O7S. The lowest BCUT2D eigenvalue weighted by Crippen LogP contribution is -2.40. The number of esters is 1. The van der Waals surface area contributed by atoms with Crippen LogP contribution in [0.1, 0.15) is 49.3 Å². The van der Waals surface area contributed by atoms with Crippen molar-refractivity contribution in [2.75, 3.05) is 6.61 Å². The Hall–Kier alpha value is -5.55. The Kier molecular flexibility index (Phi) is 8.73. The predicted octanol–water partition coefficient (Wildman–Crippen LogP) is 6.20. The minimum absolute atomic E-state index is 0.00822. The van der Waals surface area contributed by atoms with Gasteiger partial charge in [-0.05, 0) is 57.5 Å². The van der Waals surface area contributed by atoms with Crippen molar-refractivity contribution in [3.63, 3.8) is 0 Å². The van der Waals surface area contributed by atoms with Crippen LogP contribution in [0.15, 0.2) is 105 Å². The molecule has 0 amide bonds. The quantitative estimate of drug-likeness (QED) is 0.106. The third-order valence-electron chi connectivity index (χ3n) is 7.54. The maximum atomic E-state index is 14.3. The molecule has 5 aromatic rings. The van der Waals surface area contributed by atoms with Crippen molar-refractivity contribution in [2.45, 2.75) is 39.8 Å². The van der Waals surface area contributed by atoms with Crippen molar-refractivity contribution < 1.29 is 23.6 Å². The first-order valence-electron chi connectivity index (χ1n) is 15.1. The molecule has 0 bridgehead atoms. The molecule has 0 saturated heterocycles. The maximum absolute atomic E-state index is 14.3. The van der Waals surface area contributed by atoms with Crippen molar-refractivity contribution in [1.29, 1.82) is 0 Å². The highest BCUT2D eigenvalue weighted by Gasteiger charge is 2.36. The lowest BCUT2D eigenvalue weighted by atomic mass is 9.92. The Labute approximate surface area is 273 Å². The van der Waals surface area contributed by atoms with Gasteiger partial charge in [0, 0.05) is 34.9 Å². The molecule has 3 aromatic carbocycles. The SMILES string of the molecule is CCOC(=O)C1=C(c2ccccc2)N=c2s/c(=C/c3ccc(-c4ccc([N+](=O)[O-])cc4C)o3)c(=O)n2[C@H]1c1ccccc1OC(C)C. The van der Waals surface area contributed by atoms with Crippen LogP contribution in [0.25, 0.3) is 23.1 Å². The maximum Gasteiger partial charge on any atom is 0.338 e. The second kappa shape index (κ2) is 13.1. The van der Waals surface area contributed by atoms with E-state index in [0.29, 0.717) is 54.6 Å². The zero-order chi connectivity index (χ0) is 33.2. The van der Waals surface area contributed by atoms with Gasteiger partial charge in [0.1, 0.15) is 23.3 Å². The van der Waals surface area contributed by atoms with E-state index in [1.165, 1.54) is 28.0 Å². The van der Waals surface area contributed by atoms with E-state index >= 15 is 0 Å². The highest BCUT2D eigenvalue weighted by atomic mass is 32.1. The van der Waals surface area contributed by atoms with Gasteiger partial charge in [-0.3, -0.25) is 19.5 Å². The summed E-state index contributed by atoms with van der Waals surface area (Å²) in [6.07, 6.45) is 1.47. The fourth-order valence-corrected chi connectivity index (χ4v) is 6.53. The summed E-state index contributed by atoms with van der Waals surface area (Å²) in [5.41, 5.74) is 2.97. The van der Waals surface area contributed by atoms with E-state index in [1.54, 1.807) is 38.1 Å². The average molecular weight is 650 g/mol. The molecule has 1 aliphatic heterocycles. The smallest absolute Gasteiger partial charge is 0.338 e. The van der Waals surface area contributed by atoms with E-state index in [4.69, 9.17) is 18.9 Å². The Morgan fingerprint density at radius 1 is 1.09 bits per heavy atom. The molecule has 10 nitrogen and oxygen atoms in total. The summed E-state index contributed by atoms with van der Waals surface area (Å²) >= 11 is 1.18. The molecule has 1 atom stereocenters. The lowest BCUT2D eigenvalue weighted by Gasteiger charge is -2.27. The summed E-state index contributed by atoms with van der Waals surface area (Å²) in [5.74, 6) is 0.872. The molecule has 47 heavy (non-hydrogen) atoms. The zero-order valence-electron chi connectivity index (χ0n) is 26.1. The van der Waals surface area contributed by atoms with Gasteiger partial charge in [-0.15, -0.1) is 0 Å². The minimum atomic E-state index is -0.896. The average Bonchev–Trinajstić information content (AvgIpc) is 3.64. The van der Waals surface area contributed by atoms with E-state index in [1.807, 2.05) is 68.4 Å². The third kappa shape index (κ3) is 6.17. The van der Waals surface area contributed by atoms with Crippen molar-refractivity contribution >= 4 is 34.8 Å². The number of hydrogen-bond acceptors (Lipinski definition) is 9. The number of aryl methyl sites for hydroxylation is 1. The number of rotatable bonds is 9. The molecular weight excluding hydrogens is 618 g/mol. The summed E-state index contributed by atoms with van der Waals surface area (Å²) in [5, 5.41) is 11.2. The Morgan fingerprint density at radius 2 is 1.83 bits per heavy atom. The van der Waals surface area contributed by atoms with E-state index < -0.39 is 16.9 Å². The largest absolute Gasteiger partial charge is 0.491 e. The number of para-hydroxylation sites is 1. The number of thiazole rings is 1. The lowest BCUT2D eigenvalue weighted by molar-refractivity contribution is -0.384. The van der Waals surface area contributed by atoms with Crippen LogP contribution < -0.4 is 19.6 Å².